The Morgan fingerprint density at radius 2 is 1.45 bits per heavy atom. The van der Waals surface area contributed by atoms with Crippen LogP contribution in [-0.2, 0) is 0 Å². The summed E-state index contributed by atoms with van der Waals surface area (Å²) >= 11 is 0. The molecule has 2 aliphatic rings. The second-order valence-electron chi connectivity index (χ2n) is 9.95. The van der Waals surface area contributed by atoms with Crippen molar-refractivity contribution in [1.82, 2.24) is 0 Å². The molecule has 2 bridgehead atoms. The summed E-state index contributed by atoms with van der Waals surface area (Å²) in [6, 6.07) is 0. The van der Waals surface area contributed by atoms with Crippen molar-refractivity contribution in [3.05, 3.63) is 0 Å². The van der Waals surface area contributed by atoms with Crippen molar-refractivity contribution in [3.63, 3.8) is 0 Å². The van der Waals surface area contributed by atoms with Crippen LogP contribution >= 0.6 is 0 Å². The Bertz CT molecular complexity index is 316. The summed E-state index contributed by atoms with van der Waals surface area (Å²) in [6.45, 7) is 15.0. The Morgan fingerprint density at radius 1 is 0.900 bits per heavy atom. The molecule has 2 rings (SSSR count). The first-order valence-electron chi connectivity index (χ1n) is 9.16. The molecule has 0 heteroatoms. The minimum atomic E-state index is 0.521. The SMILES string of the molecule is CCCC1(CC(C)(C)CC)CC2(C)CCCC(C)(C2)C1. The topological polar surface area (TPSA) is 0 Å². The standard InChI is InChI=1S/C20H38/c1-7-10-20(13-17(3,4)8-2)15-18(5)11-9-12-19(6,14-18)16-20/h7-16H2,1-6H3. The minimum absolute atomic E-state index is 0.521. The van der Waals surface area contributed by atoms with Gasteiger partial charge in [0.05, 0.1) is 0 Å². The third-order valence-corrected chi connectivity index (χ3v) is 6.61. The average Bonchev–Trinajstić information content (AvgIpc) is 2.25. The predicted molar refractivity (Wildman–Crippen MR) is 89.9 cm³/mol. The van der Waals surface area contributed by atoms with Gasteiger partial charge in [-0.25, -0.2) is 0 Å². The number of hydrogen-bond acceptors (Lipinski definition) is 0. The molecular weight excluding hydrogens is 240 g/mol. The summed E-state index contributed by atoms with van der Waals surface area (Å²) in [5.74, 6) is 0. The van der Waals surface area contributed by atoms with Crippen molar-refractivity contribution in [1.29, 1.82) is 0 Å². The largest absolute Gasteiger partial charge is 0.0654 e. The Hall–Kier alpha value is 0. The molecule has 20 heavy (non-hydrogen) atoms. The molecule has 0 aliphatic heterocycles. The average molecular weight is 279 g/mol. The van der Waals surface area contributed by atoms with E-state index in [2.05, 4.69) is 41.5 Å². The predicted octanol–water partition coefficient (Wildman–Crippen LogP) is 6.98. The highest BCUT2D eigenvalue weighted by Crippen LogP contribution is 2.64. The lowest BCUT2D eigenvalue weighted by Crippen LogP contribution is -2.47. The Morgan fingerprint density at radius 3 is 1.90 bits per heavy atom. The van der Waals surface area contributed by atoms with E-state index in [0.29, 0.717) is 21.7 Å². The summed E-state index contributed by atoms with van der Waals surface area (Å²) < 4.78 is 0. The lowest BCUT2D eigenvalue weighted by Gasteiger charge is -2.59. The van der Waals surface area contributed by atoms with Crippen LogP contribution in [0.5, 0.6) is 0 Å². The summed E-state index contributed by atoms with van der Waals surface area (Å²) in [7, 11) is 0. The zero-order valence-corrected chi connectivity index (χ0v) is 15.1. The van der Waals surface area contributed by atoms with Gasteiger partial charge in [0, 0.05) is 0 Å². The van der Waals surface area contributed by atoms with E-state index in [9.17, 15) is 0 Å². The molecule has 2 unspecified atom stereocenters. The lowest BCUT2D eigenvalue weighted by molar-refractivity contribution is -0.0803. The van der Waals surface area contributed by atoms with Gasteiger partial charge < -0.3 is 0 Å². The van der Waals surface area contributed by atoms with Gasteiger partial charge in [0.15, 0.2) is 0 Å². The Labute approximate surface area is 128 Å². The minimum Gasteiger partial charge on any atom is -0.0654 e. The molecule has 118 valence electrons. The maximum absolute atomic E-state index is 2.60. The van der Waals surface area contributed by atoms with E-state index >= 15 is 0 Å². The molecule has 2 aliphatic carbocycles. The van der Waals surface area contributed by atoms with E-state index < -0.39 is 0 Å². The number of rotatable bonds is 5. The molecule has 0 aromatic heterocycles. The lowest BCUT2D eigenvalue weighted by atomic mass is 9.46. The summed E-state index contributed by atoms with van der Waals surface area (Å²) in [5.41, 5.74) is 2.44. The molecule has 0 saturated heterocycles. The van der Waals surface area contributed by atoms with Crippen LogP contribution in [0.4, 0.5) is 0 Å². The van der Waals surface area contributed by atoms with E-state index in [-0.39, 0.29) is 0 Å². The smallest absolute Gasteiger partial charge is 0.0282 e. The summed E-state index contributed by atoms with van der Waals surface area (Å²) in [4.78, 5) is 0. The first-order valence-corrected chi connectivity index (χ1v) is 9.16. The van der Waals surface area contributed by atoms with Gasteiger partial charge >= 0.3 is 0 Å². The van der Waals surface area contributed by atoms with E-state index in [1.165, 1.54) is 64.2 Å². The van der Waals surface area contributed by atoms with Crippen LogP contribution in [-0.4, -0.2) is 0 Å². The van der Waals surface area contributed by atoms with Gasteiger partial charge in [-0.15, -0.1) is 0 Å². The molecule has 0 amide bonds. The van der Waals surface area contributed by atoms with Crippen molar-refractivity contribution in [2.45, 2.75) is 106 Å². The zero-order valence-electron chi connectivity index (χ0n) is 15.1. The molecule has 2 atom stereocenters. The summed E-state index contributed by atoms with van der Waals surface area (Å²) in [6.07, 6.45) is 14.6. The normalized spacial score (nSPS) is 41.7. The fraction of sp³-hybridized carbons (Fsp3) is 1.00. The zero-order chi connectivity index (χ0) is 15.1. The van der Waals surface area contributed by atoms with E-state index in [4.69, 9.17) is 0 Å². The van der Waals surface area contributed by atoms with Crippen molar-refractivity contribution in [2.75, 3.05) is 0 Å². The number of hydrogen-bond donors (Lipinski definition) is 0. The Balaban J connectivity index is 2.28. The third kappa shape index (κ3) is 3.42. The van der Waals surface area contributed by atoms with Crippen LogP contribution in [0.3, 0.4) is 0 Å². The maximum atomic E-state index is 2.60. The molecule has 0 nitrogen and oxygen atoms in total. The molecule has 0 aromatic rings. The van der Waals surface area contributed by atoms with Gasteiger partial charge in [-0.3, -0.25) is 0 Å². The van der Waals surface area contributed by atoms with Gasteiger partial charge in [-0.1, -0.05) is 60.8 Å². The first-order chi connectivity index (χ1) is 9.16. The summed E-state index contributed by atoms with van der Waals surface area (Å²) in [5, 5.41) is 0. The van der Waals surface area contributed by atoms with Crippen LogP contribution < -0.4 is 0 Å². The highest BCUT2D eigenvalue weighted by atomic mass is 14.6. The van der Waals surface area contributed by atoms with E-state index in [0.717, 1.165) is 0 Å². The van der Waals surface area contributed by atoms with E-state index in [1.807, 2.05) is 0 Å². The molecule has 0 spiro atoms. The fourth-order valence-corrected chi connectivity index (χ4v) is 6.38. The quantitative estimate of drug-likeness (QED) is 0.509. The third-order valence-electron chi connectivity index (χ3n) is 6.61. The fourth-order valence-electron chi connectivity index (χ4n) is 6.38. The van der Waals surface area contributed by atoms with Gasteiger partial charge in [-0.2, -0.15) is 0 Å². The van der Waals surface area contributed by atoms with Crippen molar-refractivity contribution in [3.8, 4) is 0 Å². The monoisotopic (exact) mass is 278 g/mol. The second kappa shape index (κ2) is 5.33. The number of fused-ring (bicyclic) bond motifs is 2. The van der Waals surface area contributed by atoms with Gasteiger partial charge in [-0.05, 0) is 66.6 Å². The molecule has 2 fully saturated rings. The van der Waals surface area contributed by atoms with E-state index in [1.54, 1.807) is 0 Å². The van der Waals surface area contributed by atoms with Crippen LogP contribution in [0.2, 0.25) is 0 Å². The van der Waals surface area contributed by atoms with Crippen LogP contribution in [0.15, 0.2) is 0 Å². The highest BCUT2D eigenvalue weighted by molar-refractivity contribution is 5.03. The highest BCUT2D eigenvalue weighted by Gasteiger charge is 2.52. The first kappa shape index (κ1) is 16.4. The van der Waals surface area contributed by atoms with Crippen molar-refractivity contribution >= 4 is 0 Å². The molecule has 0 radical (unpaired) electrons. The molecule has 0 aromatic carbocycles. The van der Waals surface area contributed by atoms with Gasteiger partial charge in [0.2, 0.25) is 0 Å². The Kier molecular flexibility index (Phi) is 4.36. The van der Waals surface area contributed by atoms with Gasteiger partial charge in [0.25, 0.3) is 0 Å². The molecule has 0 heterocycles. The second-order valence-corrected chi connectivity index (χ2v) is 9.95. The molecule has 2 saturated carbocycles. The molecule has 0 N–H and O–H groups in total. The van der Waals surface area contributed by atoms with Crippen molar-refractivity contribution in [2.24, 2.45) is 21.7 Å². The van der Waals surface area contributed by atoms with Gasteiger partial charge in [0.1, 0.15) is 0 Å². The van der Waals surface area contributed by atoms with Crippen LogP contribution in [0, 0.1) is 21.7 Å². The van der Waals surface area contributed by atoms with Crippen LogP contribution in [0.25, 0.3) is 0 Å². The molecular formula is C20H38. The van der Waals surface area contributed by atoms with Crippen LogP contribution in [0.1, 0.15) is 106 Å². The maximum Gasteiger partial charge on any atom is -0.0282 e. The van der Waals surface area contributed by atoms with Crippen molar-refractivity contribution < 1.29 is 0 Å².